The minimum Gasteiger partial charge on any atom is -0.367 e. The number of rotatable bonds is 2. The van der Waals surface area contributed by atoms with Crippen molar-refractivity contribution in [3.8, 4) is 0 Å². The van der Waals surface area contributed by atoms with Gasteiger partial charge in [0.05, 0.1) is 18.7 Å². The number of nitrogens with zero attached hydrogens (tertiary/aromatic N) is 2. The smallest absolute Gasteiger partial charge is 0.270 e. The summed E-state index contributed by atoms with van der Waals surface area (Å²) in [7, 11) is 1.75. The van der Waals surface area contributed by atoms with Crippen LogP contribution in [0.2, 0.25) is 0 Å². The summed E-state index contributed by atoms with van der Waals surface area (Å²) < 4.78 is 7.83. The summed E-state index contributed by atoms with van der Waals surface area (Å²) in [5.41, 5.74) is 8.22. The van der Waals surface area contributed by atoms with E-state index in [4.69, 9.17) is 10.5 Å². The van der Waals surface area contributed by atoms with Crippen molar-refractivity contribution in [2.24, 2.45) is 12.8 Å². The molecule has 0 saturated carbocycles. The van der Waals surface area contributed by atoms with Crippen LogP contribution >= 0.6 is 0 Å². The highest BCUT2D eigenvalue weighted by Crippen LogP contribution is 2.42. The molecule has 6 nitrogen and oxygen atoms in total. The molecule has 1 saturated heterocycles. The minimum atomic E-state index is -0.530. The van der Waals surface area contributed by atoms with Gasteiger partial charge in [-0.15, -0.1) is 0 Å². The number of benzene rings is 1. The summed E-state index contributed by atoms with van der Waals surface area (Å²) in [4.78, 5) is 26.2. The Hall–Kier alpha value is -2.60. The molecule has 1 aromatic carbocycles. The van der Waals surface area contributed by atoms with Crippen molar-refractivity contribution in [3.05, 3.63) is 58.9 Å². The fraction of sp³-hybridized carbons (Fsp3) is 0.368. The number of carbonyl (C=O) groups excluding carboxylic acids is 2. The molecule has 4 rings (SSSR count). The average molecular weight is 339 g/mol. The molecule has 1 aliphatic heterocycles. The van der Waals surface area contributed by atoms with E-state index in [1.165, 1.54) is 11.1 Å². The average Bonchev–Trinajstić information content (AvgIpc) is 3.17. The lowest BCUT2D eigenvalue weighted by atomic mass is 9.93. The normalized spacial score (nSPS) is 22.2. The third-order valence-electron chi connectivity index (χ3n) is 5.29. The second kappa shape index (κ2) is 5.74. The van der Waals surface area contributed by atoms with Gasteiger partial charge in [0.2, 0.25) is 5.91 Å². The van der Waals surface area contributed by atoms with E-state index in [0.717, 1.165) is 12.8 Å². The van der Waals surface area contributed by atoms with Crippen LogP contribution in [0.5, 0.6) is 0 Å². The maximum Gasteiger partial charge on any atom is 0.270 e. The van der Waals surface area contributed by atoms with Crippen molar-refractivity contribution < 1.29 is 14.3 Å². The van der Waals surface area contributed by atoms with Crippen LogP contribution < -0.4 is 5.73 Å². The molecule has 1 aromatic heterocycles. The maximum absolute atomic E-state index is 13.0. The number of aryl methyl sites for hydroxylation is 2. The molecule has 2 aliphatic rings. The fourth-order valence-corrected chi connectivity index (χ4v) is 4.00. The number of hydrogen-bond acceptors (Lipinski definition) is 3. The lowest BCUT2D eigenvalue weighted by Gasteiger charge is -2.41. The summed E-state index contributed by atoms with van der Waals surface area (Å²) in [6.45, 7) is 1.58. The number of carbonyl (C=O) groups is 2. The highest BCUT2D eigenvalue weighted by atomic mass is 16.5. The highest BCUT2D eigenvalue weighted by molar-refractivity contribution is 5.98. The molecule has 0 bridgehead atoms. The summed E-state index contributed by atoms with van der Waals surface area (Å²) in [5.74, 6) is -0.625. The van der Waals surface area contributed by atoms with Crippen molar-refractivity contribution >= 4 is 11.8 Å². The van der Waals surface area contributed by atoms with E-state index < -0.39 is 11.5 Å². The first kappa shape index (κ1) is 15.9. The fourth-order valence-electron chi connectivity index (χ4n) is 4.00. The summed E-state index contributed by atoms with van der Waals surface area (Å²) in [6.07, 6.45) is 3.45. The molecule has 130 valence electrons. The predicted octanol–water partition coefficient (Wildman–Crippen LogP) is 1.44. The number of aromatic nitrogens is 1. The molecule has 1 fully saturated rings. The van der Waals surface area contributed by atoms with Gasteiger partial charge in [0, 0.05) is 19.8 Å². The third-order valence-corrected chi connectivity index (χ3v) is 5.29. The zero-order chi connectivity index (χ0) is 17.6. The summed E-state index contributed by atoms with van der Waals surface area (Å²) in [6, 6.07) is 9.86. The van der Waals surface area contributed by atoms with Crippen LogP contribution in [0.15, 0.2) is 36.5 Å². The largest absolute Gasteiger partial charge is 0.367 e. The molecule has 0 radical (unpaired) electrons. The van der Waals surface area contributed by atoms with Crippen LogP contribution in [0.25, 0.3) is 0 Å². The van der Waals surface area contributed by atoms with Crippen molar-refractivity contribution in [2.45, 2.75) is 18.4 Å². The van der Waals surface area contributed by atoms with E-state index in [2.05, 4.69) is 12.1 Å². The third kappa shape index (κ3) is 2.53. The van der Waals surface area contributed by atoms with Gasteiger partial charge in [0.15, 0.2) is 0 Å². The predicted molar refractivity (Wildman–Crippen MR) is 92.2 cm³/mol. The van der Waals surface area contributed by atoms with Crippen LogP contribution in [-0.2, 0) is 23.8 Å². The van der Waals surface area contributed by atoms with Gasteiger partial charge in [-0.05, 0) is 30.0 Å². The lowest BCUT2D eigenvalue weighted by molar-refractivity contribution is -0.104. The van der Waals surface area contributed by atoms with Gasteiger partial charge in [0.25, 0.3) is 5.91 Å². The Morgan fingerprint density at radius 1 is 1.28 bits per heavy atom. The molecule has 2 N–H and O–H groups in total. The van der Waals surface area contributed by atoms with E-state index in [-0.39, 0.29) is 5.91 Å². The van der Waals surface area contributed by atoms with Crippen LogP contribution in [0.1, 0.15) is 38.4 Å². The number of nitrogens with two attached hydrogens (primary N) is 1. The molecule has 25 heavy (non-hydrogen) atoms. The van der Waals surface area contributed by atoms with Gasteiger partial charge >= 0.3 is 0 Å². The monoisotopic (exact) mass is 339 g/mol. The second-order valence-electron chi connectivity index (χ2n) is 6.82. The molecule has 2 amide bonds. The first-order valence-electron chi connectivity index (χ1n) is 8.48. The van der Waals surface area contributed by atoms with Gasteiger partial charge in [-0.25, -0.2) is 0 Å². The van der Waals surface area contributed by atoms with E-state index in [0.29, 0.717) is 31.0 Å². The molecule has 1 atom stereocenters. The minimum absolute atomic E-state index is 0.0953. The Labute approximate surface area is 146 Å². The Morgan fingerprint density at radius 3 is 2.84 bits per heavy atom. The molecule has 2 heterocycles. The maximum atomic E-state index is 13.0. The highest BCUT2D eigenvalue weighted by Gasteiger charge is 2.44. The number of ether oxygens (including phenoxy) is 1. The van der Waals surface area contributed by atoms with E-state index in [1.807, 2.05) is 17.0 Å². The standard InChI is InChI=1S/C19H21N3O3/c1-21-11-14(17(20)23)10-16(21)18(24)22-8-9-25-19(12-22)7-6-13-4-2-3-5-15(13)19/h2-5,10-11H,6-9,12H2,1H3,(H2,20,23). The van der Waals surface area contributed by atoms with E-state index in [1.54, 1.807) is 23.9 Å². The topological polar surface area (TPSA) is 77.6 Å². The Bertz CT molecular complexity index is 853. The van der Waals surface area contributed by atoms with Gasteiger partial charge in [-0.3, -0.25) is 9.59 Å². The van der Waals surface area contributed by atoms with Crippen molar-refractivity contribution in [3.63, 3.8) is 0 Å². The van der Waals surface area contributed by atoms with E-state index >= 15 is 0 Å². The Balaban J connectivity index is 1.62. The number of primary amides is 1. The van der Waals surface area contributed by atoms with Gasteiger partial charge in [0.1, 0.15) is 11.3 Å². The van der Waals surface area contributed by atoms with Gasteiger partial charge in [-0.2, -0.15) is 0 Å². The molecule has 1 aliphatic carbocycles. The number of fused-ring (bicyclic) bond motifs is 2. The Kier molecular flexibility index (Phi) is 3.65. The molecular weight excluding hydrogens is 318 g/mol. The number of morpholine rings is 1. The molecule has 6 heteroatoms. The molecule has 1 spiro atoms. The zero-order valence-electron chi connectivity index (χ0n) is 14.2. The quantitative estimate of drug-likeness (QED) is 0.899. The molecule has 1 unspecified atom stereocenters. The lowest BCUT2D eigenvalue weighted by Crippen LogP contribution is -2.51. The van der Waals surface area contributed by atoms with Crippen molar-refractivity contribution in [1.29, 1.82) is 0 Å². The summed E-state index contributed by atoms with van der Waals surface area (Å²) >= 11 is 0. The van der Waals surface area contributed by atoms with Crippen molar-refractivity contribution in [2.75, 3.05) is 19.7 Å². The Morgan fingerprint density at radius 2 is 2.08 bits per heavy atom. The second-order valence-corrected chi connectivity index (χ2v) is 6.82. The van der Waals surface area contributed by atoms with Crippen LogP contribution in [-0.4, -0.2) is 41.0 Å². The number of hydrogen-bond donors (Lipinski definition) is 1. The van der Waals surface area contributed by atoms with Gasteiger partial charge in [-0.1, -0.05) is 24.3 Å². The van der Waals surface area contributed by atoms with Crippen LogP contribution in [0, 0.1) is 0 Å². The number of amides is 2. The van der Waals surface area contributed by atoms with Crippen molar-refractivity contribution in [1.82, 2.24) is 9.47 Å². The van der Waals surface area contributed by atoms with Gasteiger partial charge < -0.3 is 19.9 Å². The first-order valence-corrected chi connectivity index (χ1v) is 8.48. The van der Waals surface area contributed by atoms with E-state index in [9.17, 15) is 9.59 Å². The SMILES string of the molecule is Cn1cc(C(N)=O)cc1C(=O)N1CCOC2(CCc3ccccc32)C1. The summed E-state index contributed by atoms with van der Waals surface area (Å²) in [5, 5.41) is 0. The first-order chi connectivity index (χ1) is 12.0. The molecular formula is C19H21N3O3. The van der Waals surface area contributed by atoms with Crippen LogP contribution in [0.3, 0.4) is 0 Å². The van der Waals surface area contributed by atoms with Crippen LogP contribution in [0.4, 0.5) is 0 Å². The zero-order valence-corrected chi connectivity index (χ0v) is 14.2. The molecule has 2 aromatic rings.